The van der Waals surface area contributed by atoms with Crippen molar-refractivity contribution in [3.05, 3.63) is 71.1 Å². The minimum atomic E-state index is -1.29. The Kier molecular flexibility index (Phi) is 7.63. The Labute approximate surface area is 189 Å². The molecule has 0 bridgehead atoms. The molecule has 0 heterocycles. The lowest BCUT2D eigenvalue weighted by Gasteiger charge is -2.23. The van der Waals surface area contributed by atoms with Gasteiger partial charge in [-0.2, -0.15) is 0 Å². The largest absolute Gasteiger partial charge is 0.493 e. The average Bonchev–Trinajstić information content (AvgIpc) is 3.20. The first-order valence-corrected chi connectivity index (χ1v) is 10.3. The maximum atomic E-state index is 13.9. The van der Waals surface area contributed by atoms with Crippen LogP contribution in [0.1, 0.15) is 35.2 Å². The maximum Gasteiger partial charge on any atom is 0.314 e. The number of allylic oxidation sites excluding steroid dienone is 1. The summed E-state index contributed by atoms with van der Waals surface area (Å²) in [5, 5.41) is 2.52. The first kappa shape index (κ1) is 24.2. The van der Waals surface area contributed by atoms with Crippen LogP contribution in [0.4, 0.5) is 13.2 Å². The van der Waals surface area contributed by atoms with Gasteiger partial charge in [-0.3, -0.25) is 9.59 Å². The Morgan fingerprint density at radius 3 is 2.30 bits per heavy atom. The van der Waals surface area contributed by atoms with E-state index >= 15 is 0 Å². The Bertz CT molecular complexity index is 1050. The lowest BCUT2D eigenvalue weighted by molar-refractivity contribution is -0.146. The van der Waals surface area contributed by atoms with Crippen molar-refractivity contribution in [2.45, 2.75) is 25.3 Å². The zero-order valence-corrected chi connectivity index (χ0v) is 18.4. The van der Waals surface area contributed by atoms with Gasteiger partial charge in [0, 0.05) is 18.2 Å². The highest BCUT2D eigenvalue weighted by Gasteiger charge is 2.35. The molecule has 0 spiro atoms. The number of hydrogen-bond acceptors (Lipinski definition) is 5. The molecule has 0 saturated heterocycles. The van der Waals surface area contributed by atoms with Crippen LogP contribution >= 0.6 is 0 Å². The third-order valence-electron chi connectivity index (χ3n) is 5.40. The van der Waals surface area contributed by atoms with Gasteiger partial charge in [0.05, 0.1) is 26.7 Å². The third-order valence-corrected chi connectivity index (χ3v) is 5.40. The van der Waals surface area contributed by atoms with Crippen molar-refractivity contribution in [1.29, 1.82) is 0 Å². The van der Waals surface area contributed by atoms with Crippen LogP contribution in [-0.4, -0.2) is 38.7 Å². The predicted octanol–water partition coefficient (Wildman–Crippen LogP) is 4.14. The molecule has 33 heavy (non-hydrogen) atoms. The highest BCUT2D eigenvalue weighted by Crippen LogP contribution is 2.38. The number of hydrogen-bond donors (Lipinski definition) is 1. The second kappa shape index (κ2) is 10.4. The molecule has 3 unspecified atom stereocenters. The van der Waals surface area contributed by atoms with Crippen LogP contribution in [0, 0.1) is 23.4 Å². The smallest absolute Gasteiger partial charge is 0.314 e. The molecule has 1 amide bonds. The quantitative estimate of drug-likeness (QED) is 0.471. The van der Waals surface area contributed by atoms with E-state index in [1.54, 1.807) is 37.3 Å². The Morgan fingerprint density at radius 2 is 1.70 bits per heavy atom. The van der Waals surface area contributed by atoms with Crippen molar-refractivity contribution < 1.29 is 37.0 Å². The lowest BCUT2D eigenvalue weighted by Crippen LogP contribution is -2.35. The van der Waals surface area contributed by atoms with Crippen LogP contribution in [0.15, 0.2) is 42.5 Å². The Morgan fingerprint density at radius 1 is 1.03 bits per heavy atom. The topological polar surface area (TPSA) is 73.9 Å². The van der Waals surface area contributed by atoms with Crippen molar-refractivity contribution in [3.63, 3.8) is 0 Å². The van der Waals surface area contributed by atoms with Crippen LogP contribution in [0.3, 0.4) is 0 Å². The molecular formula is C24H24F3NO5. The zero-order chi connectivity index (χ0) is 24.1. The molecule has 0 aliphatic heterocycles. The second-order valence-corrected chi connectivity index (χ2v) is 7.45. The van der Waals surface area contributed by atoms with Crippen LogP contribution in [-0.2, 0) is 9.53 Å². The van der Waals surface area contributed by atoms with Crippen molar-refractivity contribution in [2.75, 3.05) is 20.8 Å². The summed E-state index contributed by atoms with van der Waals surface area (Å²) in [5.41, 5.74) is -0.238. The molecular weight excluding hydrogens is 439 g/mol. The van der Waals surface area contributed by atoms with Gasteiger partial charge in [0.25, 0.3) is 5.91 Å². The highest BCUT2D eigenvalue weighted by atomic mass is 19.1. The number of amides is 1. The maximum absolute atomic E-state index is 13.9. The molecule has 1 aliphatic rings. The van der Waals surface area contributed by atoms with Crippen molar-refractivity contribution in [3.8, 4) is 11.5 Å². The van der Waals surface area contributed by atoms with E-state index in [1.807, 2.05) is 0 Å². The summed E-state index contributed by atoms with van der Waals surface area (Å²) in [7, 11) is 2.98. The SMILES string of the molecule is CCOC(=O)C(c1ccc(OC)c(OC)c1)C1C=CC(NC(=O)c2c(F)cc(F)cc2F)C1. The fraction of sp³-hybridized carbons (Fsp3) is 0.333. The Balaban J connectivity index is 1.81. The number of methoxy groups -OCH3 is 2. The molecule has 1 N–H and O–H groups in total. The van der Waals surface area contributed by atoms with E-state index in [9.17, 15) is 22.8 Å². The molecule has 3 atom stereocenters. The predicted molar refractivity (Wildman–Crippen MR) is 114 cm³/mol. The van der Waals surface area contributed by atoms with E-state index in [4.69, 9.17) is 14.2 Å². The van der Waals surface area contributed by atoms with Crippen LogP contribution < -0.4 is 14.8 Å². The van der Waals surface area contributed by atoms with E-state index in [0.717, 1.165) is 0 Å². The number of benzene rings is 2. The average molecular weight is 463 g/mol. The molecule has 0 aromatic heterocycles. The monoisotopic (exact) mass is 463 g/mol. The summed E-state index contributed by atoms with van der Waals surface area (Å²) in [4.78, 5) is 25.2. The number of rotatable bonds is 8. The first-order valence-electron chi connectivity index (χ1n) is 10.3. The minimum absolute atomic E-state index is 0.183. The number of esters is 1. The summed E-state index contributed by atoms with van der Waals surface area (Å²) in [6.07, 6.45) is 3.68. The summed E-state index contributed by atoms with van der Waals surface area (Å²) in [6.45, 7) is 1.88. The molecule has 0 radical (unpaired) electrons. The highest BCUT2D eigenvalue weighted by molar-refractivity contribution is 5.95. The third kappa shape index (κ3) is 5.30. The molecule has 176 valence electrons. The minimum Gasteiger partial charge on any atom is -0.493 e. The van der Waals surface area contributed by atoms with Crippen molar-refractivity contribution >= 4 is 11.9 Å². The standard InChI is InChI=1S/C24H24F3NO5/c1-4-33-24(30)21(14-6-8-19(31-2)20(10-14)32-3)13-5-7-16(9-13)28-23(29)22-17(26)11-15(25)12-18(22)27/h5-8,10-13,16,21H,4,9H2,1-3H3,(H,28,29). The number of nitrogens with one attached hydrogen (secondary N) is 1. The first-order chi connectivity index (χ1) is 15.8. The Hall–Kier alpha value is -3.49. The number of halogens is 3. The van der Waals surface area contributed by atoms with Gasteiger partial charge in [0.2, 0.25) is 0 Å². The van der Waals surface area contributed by atoms with Gasteiger partial charge in [-0.1, -0.05) is 18.2 Å². The second-order valence-electron chi connectivity index (χ2n) is 7.45. The van der Waals surface area contributed by atoms with Crippen LogP contribution in [0.2, 0.25) is 0 Å². The van der Waals surface area contributed by atoms with E-state index < -0.39 is 46.9 Å². The van der Waals surface area contributed by atoms with Gasteiger partial charge in [0.1, 0.15) is 23.0 Å². The van der Waals surface area contributed by atoms with Crippen molar-refractivity contribution in [1.82, 2.24) is 5.32 Å². The van der Waals surface area contributed by atoms with E-state index in [2.05, 4.69) is 5.32 Å². The molecule has 2 aromatic rings. The molecule has 6 nitrogen and oxygen atoms in total. The van der Waals surface area contributed by atoms with Crippen LogP contribution in [0.5, 0.6) is 11.5 Å². The fourth-order valence-electron chi connectivity index (χ4n) is 3.92. The number of ether oxygens (including phenoxy) is 3. The fourth-order valence-corrected chi connectivity index (χ4v) is 3.92. The van der Waals surface area contributed by atoms with Crippen LogP contribution in [0.25, 0.3) is 0 Å². The lowest BCUT2D eigenvalue weighted by atomic mass is 9.85. The zero-order valence-electron chi connectivity index (χ0n) is 18.4. The van der Waals surface area contributed by atoms with Gasteiger partial charge in [-0.05, 0) is 37.0 Å². The molecule has 0 saturated carbocycles. The van der Waals surface area contributed by atoms with Crippen molar-refractivity contribution in [2.24, 2.45) is 5.92 Å². The van der Waals surface area contributed by atoms with Gasteiger partial charge < -0.3 is 19.5 Å². The van der Waals surface area contributed by atoms with Gasteiger partial charge >= 0.3 is 5.97 Å². The van der Waals surface area contributed by atoms with E-state index in [1.165, 1.54) is 14.2 Å². The van der Waals surface area contributed by atoms with Gasteiger partial charge in [-0.15, -0.1) is 0 Å². The number of carbonyl (C=O) groups is 2. The molecule has 3 rings (SSSR count). The van der Waals surface area contributed by atoms with E-state index in [-0.39, 0.29) is 18.9 Å². The molecule has 2 aromatic carbocycles. The molecule has 0 fully saturated rings. The van der Waals surface area contributed by atoms with Gasteiger partial charge in [0.15, 0.2) is 11.5 Å². The summed E-state index contributed by atoms with van der Waals surface area (Å²) >= 11 is 0. The normalized spacial score (nSPS) is 18.0. The van der Waals surface area contributed by atoms with E-state index in [0.29, 0.717) is 29.2 Å². The summed E-state index contributed by atoms with van der Waals surface area (Å²) < 4.78 is 56.9. The summed E-state index contributed by atoms with van der Waals surface area (Å²) in [6, 6.07) is 5.38. The molecule has 9 heteroatoms. The summed E-state index contributed by atoms with van der Waals surface area (Å²) in [5.74, 6) is -5.30. The number of carbonyl (C=O) groups excluding carboxylic acids is 2. The molecule has 1 aliphatic carbocycles. The van der Waals surface area contributed by atoms with Gasteiger partial charge in [-0.25, -0.2) is 13.2 Å².